The molecule has 0 fully saturated rings. The number of nitro benzene ring substituents is 1. The molecular weight excluding hydrogens is 386 g/mol. The van der Waals surface area contributed by atoms with E-state index in [1.54, 1.807) is 19.1 Å². The van der Waals surface area contributed by atoms with Crippen LogP contribution < -0.4 is 4.31 Å². The molecule has 2 aromatic rings. The molecule has 2 aromatic carbocycles. The number of hydrogen-bond donors (Lipinski definition) is 0. The Morgan fingerprint density at radius 1 is 1.21 bits per heavy atom. The first-order valence-corrected chi connectivity index (χ1v) is 9.63. The van der Waals surface area contributed by atoms with Crippen molar-refractivity contribution in [2.24, 2.45) is 0 Å². The normalized spacial score (nSPS) is 10.7. The highest BCUT2D eigenvalue weighted by Gasteiger charge is 2.33. The third kappa shape index (κ3) is 4.63. The Morgan fingerprint density at radius 2 is 1.86 bits per heavy atom. The van der Waals surface area contributed by atoms with Gasteiger partial charge in [-0.2, -0.15) is 5.26 Å². The summed E-state index contributed by atoms with van der Waals surface area (Å²) >= 11 is 0. The summed E-state index contributed by atoms with van der Waals surface area (Å²) in [6, 6.07) is 12.8. The van der Waals surface area contributed by atoms with Gasteiger partial charge in [0.05, 0.1) is 29.7 Å². The van der Waals surface area contributed by atoms with E-state index in [1.165, 1.54) is 24.3 Å². The maximum absolute atomic E-state index is 13.2. The first-order valence-electron chi connectivity index (χ1n) is 8.19. The fourth-order valence-electron chi connectivity index (χ4n) is 2.46. The van der Waals surface area contributed by atoms with Gasteiger partial charge in [-0.25, -0.2) is 8.42 Å². The molecule has 0 bridgehead atoms. The van der Waals surface area contributed by atoms with E-state index in [-0.39, 0.29) is 18.7 Å². The van der Waals surface area contributed by atoms with E-state index < -0.39 is 38.0 Å². The van der Waals surface area contributed by atoms with Gasteiger partial charge in [0, 0.05) is 6.07 Å². The number of esters is 1. The van der Waals surface area contributed by atoms with Crippen molar-refractivity contribution in [1.82, 2.24) is 0 Å². The topological polar surface area (TPSA) is 131 Å². The van der Waals surface area contributed by atoms with E-state index in [9.17, 15) is 23.3 Å². The van der Waals surface area contributed by atoms with Crippen LogP contribution in [0.2, 0.25) is 0 Å². The molecule has 0 aliphatic carbocycles. The highest BCUT2D eigenvalue weighted by molar-refractivity contribution is 7.93. The molecule has 0 aromatic heterocycles. The number of carbonyl (C=O) groups excluding carboxylic acids is 1. The maximum atomic E-state index is 13.2. The van der Waals surface area contributed by atoms with E-state index >= 15 is 0 Å². The zero-order chi connectivity index (χ0) is 20.7. The van der Waals surface area contributed by atoms with Crippen molar-refractivity contribution >= 4 is 27.4 Å². The van der Waals surface area contributed by atoms with Gasteiger partial charge in [0.15, 0.2) is 4.90 Å². The van der Waals surface area contributed by atoms with Crippen molar-refractivity contribution in [3.8, 4) is 6.07 Å². The lowest BCUT2D eigenvalue weighted by Crippen LogP contribution is -2.37. The summed E-state index contributed by atoms with van der Waals surface area (Å²) in [6.07, 6.45) is 0.134. The van der Waals surface area contributed by atoms with Gasteiger partial charge >= 0.3 is 5.97 Å². The Bertz CT molecular complexity index is 1010. The average molecular weight is 403 g/mol. The summed E-state index contributed by atoms with van der Waals surface area (Å²) in [5, 5.41) is 20.0. The maximum Gasteiger partial charge on any atom is 0.326 e. The van der Waals surface area contributed by atoms with Crippen LogP contribution in [0, 0.1) is 21.4 Å². The molecule has 2 rings (SSSR count). The number of benzene rings is 2. The minimum Gasteiger partial charge on any atom is -0.465 e. The Hall–Kier alpha value is -3.45. The quantitative estimate of drug-likeness (QED) is 0.376. The second-order valence-electron chi connectivity index (χ2n) is 5.54. The number of anilines is 1. The molecule has 146 valence electrons. The van der Waals surface area contributed by atoms with Crippen molar-refractivity contribution in [3.63, 3.8) is 0 Å². The number of nitrogens with zero attached hydrogens (tertiary/aromatic N) is 3. The Labute approximate surface area is 162 Å². The second kappa shape index (κ2) is 8.96. The fraction of sp³-hybridized carbons (Fsp3) is 0.222. The molecule has 0 aliphatic heterocycles. The summed E-state index contributed by atoms with van der Waals surface area (Å²) in [5.74, 6) is -0.800. The number of nitriles is 1. The molecule has 0 heterocycles. The molecule has 0 amide bonds. The first-order chi connectivity index (χ1) is 13.3. The largest absolute Gasteiger partial charge is 0.465 e. The van der Waals surface area contributed by atoms with Gasteiger partial charge in [0.2, 0.25) is 0 Å². The monoisotopic (exact) mass is 403 g/mol. The zero-order valence-electron chi connectivity index (χ0n) is 14.9. The van der Waals surface area contributed by atoms with Gasteiger partial charge in [-0.3, -0.25) is 19.2 Å². The highest BCUT2D eigenvalue weighted by Crippen LogP contribution is 2.30. The standard InChI is InChI=1S/C18H17N3O6S/c1-2-27-18(22)13-20(15-9-7-14(8-10-15)11-12-19)28(25,26)17-6-4-3-5-16(17)21(23)24/h3-10H,2,11,13H2,1H3. The van der Waals surface area contributed by atoms with Crippen LogP contribution in [0.4, 0.5) is 11.4 Å². The molecule has 0 atom stereocenters. The first kappa shape index (κ1) is 20.9. The molecule has 0 spiro atoms. The van der Waals surface area contributed by atoms with Crippen molar-refractivity contribution in [3.05, 3.63) is 64.2 Å². The lowest BCUT2D eigenvalue weighted by Gasteiger charge is -2.23. The number of sulfonamides is 1. The Balaban J connectivity index is 2.56. The predicted octanol–water partition coefficient (Wildman–Crippen LogP) is 2.42. The van der Waals surface area contributed by atoms with Crippen molar-refractivity contribution < 1.29 is 22.9 Å². The number of para-hydroxylation sites is 1. The SMILES string of the molecule is CCOC(=O)CN(c1ccc(CC#N)cc1)S(=O)(=O)c1ccccc1[N+](=O)[O-]. The smallest absolute Gasteiger partial charge is 0.326 e. The van der Waals surface area contributed by atoms with Crippen LogP contribution in [0.15, 0.2) is 53.4 Å². The molecule has 9 nitrogen and oxygen atoms in total. The van der Waals surface area contributed by atoms with Crippen molar-refractivity contribution in [2.45, 2.75) is 18.2 Å². The van der Waals surface area contributed by atoms with Crippen LogP contribution in [0.5, 0.6) is 0 Å². The molecule has 0 radical (unpaired) electrons. The molecule has 0 aliphatic rings. The fourth-order valence-corrected chi connectivity index (χ4v) is 4.02. The Morgan fingerprint density at radius 3 is 2.43 bits per heavy atom. The van der Waals surface area contributed by atoms with E-state index in [4.69, 9.17) is 10.00 Å². The zero-order valence-corrected chi connectivity index (χ0v) is 15.8. The summed E-state index contributed by atoms with van der Waals surface area (Å²) in [4.78, 5) is 21.9. The third-order valence-electron chi connectivity index (χ3n) is 3.72. The van der Waals surface area contributed by atoms with E-state index in [0.29, 0.717) is 5.56 Å². The van der Waals surface area contributed by atoms with Crippen molar-refractivity contribution in [1.29, 1.82) is 5.26 Å². The van der Waals surface area contributed by atoms with Crippen LogP contribution in [0.3, 0.4) is 0 Å². The van der Waals surface area contributed by atoms with E-state index in [1.807, 2.05) is 6.07 Å². The molecule has 10 heteroatoms. The molecule has 0 unspecified atom stereocenters. The van der Waals surface area contributed by atoms with Gasteiger partial charge in [-0.15, -0.1) is 0 Å². The van der Waals surface area contributed by atoms with Gasteiger partial charge in [-0.1, -0.05) is 24.3 Å². The summed E-state index contributed by atoms with van der Waals surface area (Å²) < 4.78 is 31.9. The van der Waals surface area contributed by atoms with Gasteiger partial charge in [0.1, 0.15) is 6.54 Å². The average Bonchev–Trinajstić information content (AvgIpc) is 2.67. The lowest BCUT2D eigenvalue weighted by atomic mass is 10.1. The summed E-state index contributed by atoms with van der Waals surface area (Å²) in [6.45, 7) is 0.981. The number of rotatable bonds is 8. The molecule has 0 N–H and O–H groups in total. The summed E-state index contributed by atoms with van der Waals surface area (Å²) in [7, 11) is -4.44. The molecule has 0 saturated carbocycles. The predicted molar refractivity (Wildman–Crippen MR) is 100 cm³/mol. The lowest BCUT2D eigenvalue weighted by molar-refractivity contribution is -0.387. The highest BCUT2D eigenvalue weighted by atomic mass is 32.2. The van der Waals surface area contributed by atoms with Gasteiger partial charge in [-0.05, 0) is 30.7 Å². The molecular formula is C18H17N3O6S. The van der Waals surface area contributed by atoms with Gasteiger partial charge in [0.25, 0.3) is 15.7 Å². The minimum atomic E-state index is -4.44. The Kier molecular flexibility index (Phi) is 6.68. The number of hydrogen-bond acceptors (Lipinski definition) is 7. The van der Waals surface area contributed by atoms with Crippen LogP contribution >= 0.6 is 0 Å². The van der Waals surface area contributed by atoms with Crippen LogP contribution in [-0.2, 0) is 26.0 Å². The molecule has 0 saturated heterocycles. The van der Waals surface area contributed by atoms with Crippen molar-refractivity contribution in [2.75, 3.05) is 17.5 Å². The number of nitro groups is 1. The van der Waals surface area contributed by atoms with Crippen LogP contribution in [-0.4, -0.2) is 32.5 Å². The van der Waals surface area contributed by atoms with Crippen LogP contribution in [0.25, 0.3) is 0 Å². The van der Waals surface area contributed by atoms with E-state index in [0.717, 1.165) is 16.4 Å². The number of ether oxygens (including phenoxy) is 1. The van der Waals surface area contributed by atoms with Crippen LogP contribution in [0.1, 0.15) is 12.5 Å². The van der Waals surface area contributed by atoms with E-state index in [2.05, 4.69) is 0 Å². The number of carbonyl (C=O) groups is 1. The minimum absolute atomic E-state index is 0.0549. The molecule has 28 heavy (non-hydrogen) atoms. The third-order valence-corrected chi connectivity index (χ3v) is 5.54. The van der Waals surface area contributed by atoms with Gasteiger partial charge < -0.3 is 4.74 Å². The summed E-state index contributed by atoms with van der Waals surface area (Å²) in [5.41, 5.74) is 0.177. The second-order valence-corrected chi connectivity index (χ2v) is 7.37.